The van der Waals surface area contributed by atoms with Gasteiger partial charge in [-0.1, -0.05) is 32.0 Å². The Morgan fingerprint density at radius 2 is 1.44 bits per heavy atom. The van der Waals surface area contributed by atoms with Crippen molar-refractivity contribution >= 4 is 17.2 Å². The van der Waals surface area contributed by atoms with Crippen molar-refractivity contribution in [1.82, 2.24) is 4.37 Å². The number of methoxy groups -OCH3 is 3. The average Bonchev–Trinajstić information content (AvgIpc) is 3.15. The molecule has 3 aromatic rings. The van der Waals surface area contributed by atoms with Crippen molar-refractivity contribution in [2.24, 2.45) is 0 Å². The molecule has 3 rings (SSSR count). The third-order valence-electron chi connectivity index (χ3n) is 3.48. The second-order valence-corrected chi connectivity index (χ2v) is 5.80. The van der Waals surface area contributed by atoms with Crippen LogP contribution in [0.3, 0.4) is 0 Å². The summed E-state index contributed by atoms with van der Waals surface area (Å²) in [4.78, 5) is 0. The predicted octanol–water partition coefficient (Wildman–Crippen LogP) is 5.44. The van der Waals surface area contributed by atoms with Crippen molar-refractivity contribution < 1.29 is 14.2 Å². The Morgan fingerprint density at radius 1 is 0.889 bits per heavy atom. The molecule has 27 heavy (non-hydrogen) atoms. The molecule has 0 fully saturated rings. The second kappa shape index (κ2) is 11.8. The predicted molar refractivity (Wildman–Crippen MR) is 114 cm³/mol. The zero-order valence-electron chi connectivity index (χ0n) is 16.8. The Kier molecular flexibility index (Phi) is 9.75. The number of nitrogen functional groups attached to an aromatic ring is 1. The summed E-state index contributed by atoms with van der Waals surface area (Å²) in [5, 5.41) is 2.01. The van der Waals surface area contributed by atoms with Gasteiger partial charge in [-0.15, -0.1) is 0 Å². The molecule has 0 radical (unpaired) electrons. The maximum absolute atomic E-state index is 5.36. The zero-order valence-corrected chi connectivity index (χ0v) is 17.6. The van der Waals surface area contributed by atoms with Crippen LogP contribution in [0.2, 0.25) is 0 Å². The second-order valence-electron chi connectivity index (χ2n) is 5.17. The molecule has 6 heteroatoms. The highest BCUT2D eigenvalue weighted by Gasteiger charge is 2.15. The van der Waals surface area contributed by atoms with Gasteiger partial charge < -0.3 is 19.9 Å². The van der Waals surface area contributed by atoms with Crippen LogP contribution < -0.4 is 19.9 Å². The van der Waals surface area contributed by atoms with Crippen LogP contribution in [0, 0.1) is 6.92 Å². The van der Waals surface area contributed by atoms with Crippen molar-refractivity contribution in [3.8, 4) is 28.5 Å². The molecule has 5 nitrogen and oxygen atoms in total. The molecular weight excluding hydrogens is 360 g/mol. The van der Waals surface area contributed by atoms with E-state index in [9.17, 15) is 0 Å². The van der Waals surface area contributed by atoms with E-state index in [1.807, 2.05) is 68.6 Å². The van der Waals surface area contributed by atoms with E-state index < -0.39 is 0 Å². The Bertz CT molecular complexity index is 779. The number of hydrogen-bond donors (Lipinski definition) is 1. The van der Waals surface area contributed by atoms with E-state index in [1.54, 1.807) is 21.3 Å². The molecule has 0 saturated heterocycles. The van der Waals surface area contributed by atoms with Crippen molar-refractivity contribution in [3.05, 3.63) is 53.4 Å². The van der Waals surface area contributed by atoms with E-state index in [4.69, 9.17) is 19.9 Å². The number of rotatable bonds is 4. The van der Waals surface area contributed by atoms with E-state index in [-0.39, 0.29) is 0 Å². The maximum atomic E-state index is 5.36. The molecule has 0 spiro atoms. The highest BCUT2D eigenvalue weighted by atomic mass is 32.1. The van der Waals surface area contributed by atoms with Gasteiger partial charge in [0.2, 0.25) is 5.75 Å². The number of nitrogens with two attached hydrogens (primary N) is 1. The lowest BCUT2D eigenvalue weighted by Crippen LogP contribution is -1.96. The lowest BCUT2D eigenvalue weighted by atomic mass is 10.1. The van der Waals surface area contributed by atoms with Crippen LogP contribution in [0.4, 0.5) is 5.69 Å². The van der Waals surface area contributed by atoms with Crippen LogP contribution in [0.25, 0.3) is 11.3 Å². The number of ether oxygens (including phenoxy) is 3. The third-order valence-corrected chi connectivity index (χ3v) is 4.23. The smallest absolute Gasteiger partial charge is 0.203 e. The lowest BCUT2D eigenvalue weighted by Gasteiger charge is -2.13. The molecule has 0 aliphatic carbocycles. The summed E-state index contributed by atoms with van der Waals surface area (Å²) in [5.41, 5.74) is 9.22. The van der Waals surface area contributed by atoms with Gasteiger partial charge in [0.05, 0.1) is 27.0 Å². The summed E-state index contributed by atoms with van der Waals surface area (Å²) in [5.74, 6) is 1.87. The summed E-state index contributed by atoms with van der Waals surface area (Å²) in [7, 11) is 4.80. The van der Waals surface area contributed by atoms with Gasteiger partial charge >= 0.3 is 0 Å². The molecule has 2 aromatic carbocycles. The zero-order chi connectivity index (χ0) is 20.2. The minimum atomic E-state index is 0.594. The van der Waals surface area contributed by atoms with E-state index in [1.165, 1.54) is 11.5 Å². The molecule has 0 saturated carbocycles. The summed E-state index contributed by atoms with van der Waals surface area (Å²) in [6, 6.07) is 13.3. The first-order valence-electron chi connectivity index (χ1n) is 8.62. The van der Waals surface area contributed by atoms with Crippen molar-refractivity contribution in [2.45, 2.75) is 20.8 Å². The van der Waals surface area contributed by atoms with E-state index >= 15 is 0 Å². The highest BCUT2D eigenvalue weighted by molar-refractivity contribution is 7.04. The average molecular weight is 389 g/mol. The fourth-order valence-corrected chi connectivity index (χ4v) is 2.91. The molecule has 0 atom stereocenters. The molecule has 146 valence electrons. The van der Waals surface area contributed by atoms with Crippen LogP contribution in [0.5, 0.6) is 17.2 Å². The van der Waals surface area contributed by atoms with Crippen LogP contribution in [-0.4, -0.2) is 25.7 Å². The summed E-state index contributed by atoms with van der Waals surface area (Å²) in [6.45, 7) is 6.03. The standard InChI is InChI=1S/C13H15NO3S.C6H7N.C2H6/c1-8-7-18-14-12(8)9-5-10(15-2)13(17-4)11(6-9)16-3;7-6-4-2-1-3-5-6;1-2/h5-7H,1-4H3;1-5H,7H2;1-2H3. The first-order chi connectivity index (χ1) is 13.1. The van der Waals surface area contributed by atoms with Crippen LogP contribution in [-0.2, 0) is 0 Å². The number of para-hydroxylation sites is 1. The molecule has 1 aromatic heterocycles. The lowest BCUT2D eigenvalue weighted by molar-refractivity contribution is 0.324. The number of anilines is 1. The highest BCUT2D eigenvalue weighted by Crippen LogP contribution is 2.41. The molecule has 0 amide bonds. The van der Waals surface area contributed by atoms with Gasteiger partial charge in [0.25, 0.3) is 0 Å². The maximum Gasteiger partial charge on any atom is 0.203 e. The minimum Gasteiger partial charge on any atom is -0.493 e. The summed E-state index contributed by atoms with van der Waals surface area (Å²) < 4.78 is 20.3. The summed E-state index contributed by atoms with van der Waals surface area (Å²) >= 11 is 1.44. The van der Waals surface area contributed by atoms with Gasteiger partial charge in [-0.3, -0.25) is 0 Å². The van der Waals surface area contributed by atoms with Gasteiger partial charge in [-0.25, -0.2) is 0 Å². The van der Waals surface area contributed by atoms with Gasteiger partial charge in [0, 0.05) is 16.6 Å². The number of hydrogen-bond acceptors (Lipinski definition) is 6. The van der Waals surface area contributed by atoms with Gasteiger partial charge in [-0.2, -0.15) is 4.37 Å². The van der Waals surface area contributed by atoms with E-state index in [0.29, 0.717) is 17.2 Å². The van der Waals surface area contributed by atoms with Crippen LogP contribution >= 0.6 is 11.5 Å². The fourth-order valence-electron chi connectivity index (χ4n) is 2.24. The van der Waals surface area contributed by atoms with Crippen molar-refractivity contribution in [1.29, 1.82) is 0 Å². The number of aromatic nitrogens is 1. The van der Waals surface area contributed by atoms with Crippen LogP contribution in [0.15, 0.2) is 47.8 Å². The number of nitrogens with zero attached hydrogens (tertiary/aromatic N) is 1. The van der Waals surface area contributed by atoms with E-state index in [2.05, 4.69) is 4.37 Å². The van der Waals surface area contributed by atoms with Crippen molar-refractivity contribution in [2.75, 3.05) is 27.1 Å². The quantitative estimate of drug-likeness (QED) is 0.603. The molecule has 1 heterocycles. The third kappa shape index (κ3) is 6.18. The molecular formula is C21H28N2O3S. The van der Waals surface area contributed by atoms with E-state index in [0.717, 1.165) is 22.5 Å². The monoisotopic (exact) mass is 388 g/mol. The molecule has 0 unspecified atom stereocenters. The normalized spacial score (nSPS) is 9.26. The molecule has 2 N–H and O–H groups in total. The first-order valence-corrected chi connectivity index (χ1v) is 9.46. The minimum absolute atomic E-state index is 0.594. The van der Waals surface area contributed by atoms with Gasteiger partial charge in [0.15, 0.2) is 11.5 Å². The van der Waals surface area contributed by atoms with Gasteiger partial charge in [-0.05, 0) is 48.3 Å². The summed E-state index contributed by atoms with van der Waals surface area (Å²) in [6.07, 6.45) is 0. The Morgan fingerprint density at radius 3 is 1.78 bits per heavy atom. The topological polar surface area (TPSA) is 66.6 Å². The SMILES string of the molecule is CC.COc1cc(-c2nscc2C)cc(OC)c1OC.Nc1ccccc1. The Hall–Kier alpha value is -2.73. The molecule has 0 aliphatic heterocycles. The van der Waals surface area contributed by atoms with Crippen LogP contribution in [0.1, 0.15) is 19.4 Å². The largest absolute Gasteiger partial charge is 0.493 e. The first kappa shape index (κ1) is 22.3. The van der Waals surface area contributed by atoms with Crippen molar-refractivity contribution in [3.63, 3.8) is 0 Å². The molecule has 0 aliphatic rings. The fraction of sp³-hybridized carbons (Fsp3) is 0.286. The molecule has 0 bridgehead atoms. The Labute approximate surface area is 165 Å². The number of benzene rings is 2. The Balaban J connectivity index is 0.000000338. The number of aryl methyl sites for hydroxylation is 1. The van der Waals surface area contributed by atoms with Gasteiger partial charge in [0.1, 0.15) is 0 Å².